The lowest BCUT2D eigenvalue weighted by molar-refractivity contribution is 0.635. The van der Waals surface area contributed by atoms with Gasteiger partial charge in [0, 0.05) is 24.7 Å². The largest absolute Gasteiger partial charge is 0.344 e. The fraction of sp³-hybridized carbons (Fsp3) is 0.615. The van der Waals surface area contributed by atoms with Crippen molar-refractivity contribution in [2.75, 3.05) is 0 Å². The summed E-state index contributed by atoms with van der Waals surface area (Å²) in [5.74, 6) is 0. The van der Waals surface area contributed by atoms with Gasteiger partial charge >= 0.3 is 5.69 Å². The number of aryl methyl sites for hydroxylation is 2. The second kappa shape index (κ2) is 5.34. The third-order valence-corrected chi connectivity index (χ3v) is 4.76. The van der Waals surface area contributed by atoms with Crippen molar-refractivity contribution in [2.24, 2.45) is 12.8 Å². The van der Waals surface area contributed by atoms with Crippen LogP contribution in [-0.4, -0.2) is 30.6 Å². The molecule has 1 fully saturated rings. The van der Waals surface area contributed by atoms with E-state index in [1.807, 2.05) is 25.6 Å². The van der Waals surface area contributed by atoms with Crippen molar-refractivity contribution in [3.8, 4) is 0 Å². The molecule has 7 nitrogen and oxygen atoms in total. The van der Waals surface area contributed by atoms with Gasteiger partial charge in [-0.25, -0.2) is 9.89 Å². The van der Waals surface area contributed by atoms with E-state index in [-0.39, 0.29) is 11.7 Å². The van der Waals surface area contributed by atoms with E-state index in [0.29, 0.717) is 11.2 Å². The minimum atomic E-state index is -0.132. The van der Waals surface area contributed by atoms with E-state index in [9.17, 15) is 4.79 Å². The molecule has 1 atom stereocenters. The van der Waals surface area contributed by atoms with Gasteiger partial charge in [-0.1, -0.05) is 0 Å². The Labute approximate surface area is 126 Å². The highest BCUT2D eigenvalue weighted by Crippen LogP contribution is 2.38. The van der Waals surface area contributed by atoms with E-state index < -0.39 is 0 Å². The maximum absolute atomic E-state index is 11.9. The van der Waals surface area contributed by atoms with Crippen molar-refractivity contribution in [1.29, 1.82) is 0 Å². The van der Waals surface area contributed by atoms with E-state index in [1.54, 1.807) is 4.57 Å². The Hall–Kier alpha value is -1.54. The number of rotatable bonds is 5. The number of nitrogens with zero attached hydrogens (tertiary/aromatic N) is 4. The van der Waals surface area contributed by atoms with Crippen LogP contribution in [0.2, 0.25) is 0 Å². The maximum atomic E-state index is 11.9. The van der Waals surface area contributed by atoms with Crippen LogP contribution in [0.25, 0.3) is 0 Å². The Balaban J connectivity index is 1.96. The molecule has 1 aliphatic rings. The Kier molecular flexibility index (Phi) is 3.66. The molecule has 0 bridgehead atoms. The summed E-state index contributed by atoms with van der Waals surface area (Å²) in [5, 5.41) is 12.9. The number of hydrogen-bond acceptors (Lipinski definition) is 5. The first-order valence-corrected chi connectivity index (χ1v) is 7.91. The summed E-state index contributed by atoms with van der Waals surface area (Å²) in [4.78, 5) is 11.9. The van der Waals surface area contributed by atoms with Crippen molar-refractivity contribution in [1.82, 2.24) is 24.5 Å². The maximum Gasteiger partial charge on any atom is 0.344 e. The van der Waals surface area contributed by atoms with Crippen LogP contribution in [0.5, 0.6) is 0 Å². The number of aromatic amines is 1. The van der Waals surface area contributed by atoms with Crippen LogP contribution in [-0.2, 0) is 13.5 Å². The summed E-state index contributed by atoms with van der Waals surface area (Å²) in [5.41, 5.74) is 7.92. The molecule has 0 aromatic carbocycles. The summed E-state index contributed by atoms with van der Waals surface area (Å²) < 4.78 is 3.59. The van der Waals surface area contributed by atoms with Gasteiger partial charge < -0.3 is 5.73 Å². The van der Waals surface area contributed by atoms with Crippen molar-refractivity contribution < 1.29 is 0 Å². The highest BCUT2D eigenvalue weighted by molar-refractivity contribution is 7.99. The van der Waals surface area contributed by atoms with Crippen molar-refractivity contribution in [2.45, 2.75) is 55.4 Å². The molecule has 0 spiro atoms. The van der Waals surface area contributed by atoms with Crippen LogP contribution in [0.3, 0.4) is 0 Å². The average molecular weight is 308 g/mol. The molecule has 0 saturated heterocycles. The second-order valence-corrected chi connectivity index (χ2v) is 6.64. The average Bonchev–Trinajstić information content (AvgIpc) is 3.12. The fourth-order valence-electron chi connectivity index (χ4n) is 2.47. The molecule has 1 unspecified atom stereocenters. The first kappa shape index (κ1) is 14.4. The van der Waals surface area contributed by atoms with Gasteiger partial charge in [0.05, 0.1) is 5.69 Å². The van der Waals surface area contributed by atoms with Crippen LogP contribution >= 0.6 is 11.8 Å². The zero-order valence-electron chi connectivity index (χ0n) is 12.5. The molecule has 0 radical (unpaired) electrons. The van der Waals surface area contributed by atoms with Gasteiger partial charge in [-0.15, -0.1) is 5.10 Å². The van der Waals surface area contributed by atoms with Crippen LogP contribution in [0.1, 0.15) is 37.1 Å². The van der Waals surface area contributed by atoms with E-state index in [2.05, 4.69) is 15.3 Å². The third-order valence-electron chi connectivity index (χ3n) is 3.59. The van der Waals surface area contributed by atoms with E-state index >= 15 is 0 Å². The molecule has 1 saturated carbocycles. The monoisotopic (exact) mass is 308 g/mol. The first-order valence-electron chi connectivity index (χ1n) is 7.10. The second-order valence-electron chi connectivity index (χ2n) is 5.69. The smallest absolute Gasteiger partial charge is 0.328 e. The molecule has 0 amide bonds. The highest BCUT2D eigenvalue weighted by Gasteiger charge is 2.29. The van der Waals surface area contributed by atoms with Gasteiger partial charge in [0.2, 0.25) is 0 Å². The SMILES string of the molecule is Cc1nn(C)c(Sc2n[nH]c(=O)n2C2CC2)c1CC(C)N. The normalized spacial score (nSPS) is 16.4. The summed E-state index contributed by atoms with van der Waals surface area (Å²) in [7, 11) is 1.91. The predicted molar refractivity (Wildman–Crippen MR) is 80.5 cm³/mol. The zero-order chi connectivity index (χ0) is 15.1. The molecular weight excluding hydrogens is 288 g/mol. The minimum absolute atomic E-state index is 0.0667. The van der Waals surface area contributed by atoms with E-state index in [0.717, 1.165) is 35.5 Å². The molecule has 3 N–H and O–H groups in total. The molecule has 2 heterocycles. The minimum Gasteiger partial charge on any atom is -0.328 e. The topological polar surface area (TPSA) is 94.5 Å². The van der Waals surface area contributed by atoms with Gasteiger partial charge in [0.1, 0.15) is 5.03 Å². The summed E-state index contributed by atoms with van der Waals surface area (Å²) in [6, 6.07) is 0.363. The number of aromatic nitrogens is 5. The number of nitrogens with two attached hydrogens (primary N) is 1. The molecule has 21 heavy (non-hydrogen) atoms. The van der Waals surface area contributed by atoms with Gasteiger partial charge in [0.25, 0.3) is 0 Å². The molecule has 2 aromatic rings. The third kappa shape index (κ3) is 2.77. The van der Waals surface area contributed by atoms with Gasteiger partial charge in [-0.2, -0.15) is 5.10 Å². The molecule has 1 aliphatic carbocycles. The standard InChI is InChI=1S/C13H20N6OS/c1-7(14)6-10-8(2)17-18(3)11(10)21-13-16-15-12(20)19(13)9-4-5-9/h7,9H,4-6,14H2,1-3H3,(H,15,20). The van der Waals surface area contributed by atoms with Gasteiger partial charge in [0.15, 0.2) is 5.16 Å². The molecule has 3 rings (SSSR count). The summed E-state index contributed by atoms with van der Waals surface area (Å²) in [6.07, 6.45) is 2.86. The van der Waals surface area contributed by atoms with Crippen molar-refractivity contribution in [3.05, 3.63) is 21.7 Å². The lowest BCUT2D eigenvalue weighted by Gasteiger charge is -2.08. The fourth-order valence-corrected chi connectivity index (χ4v) is 3.59. The van der Waals surface area contributed by atoms with Gasteiger partial charge in [-0.05, 0) is 44.9 Å². The lowest BCUT2D eigenvalue weighted by Crippen LogP contribution is -2.18. The Morgan fingerprint density at radius 2 is 2.24 bits per heavy atom. The quantitative estimate of drug-likeness (QED) is 0.859. The number of H-pyrrole nitrogens is 1. The van der Waals surface area contributed by atoms with E-state index in [1.165, 1.54) is 11.8 Å². The van der Waals surface area contributed by atoms with Crippen LogP contribution < -0.4 is 11.4 Å². The Bertz CT molecular complexity index is 709. The Morgan fingerprint density at radius 3 is 2.86 bits per heavy atom. The zero-order valence-corrected chi connectivity index (χ0v) is 13.3. The first-order chi connectivity index (χ1) is 9.97. The highest BCUT2D eigenvalue weighted by atomic mass is 32.2. The van der Waals surface area contributed by atoms with Crippen LogP contribution in [0, 0.1) is 6.92 Å². The molecule has 114 valence electrons. The van der Waals surface area contributed by atoms with Crippen molar-refractivity contribution in [3.63, 3.8) is 0 Å². The summed E-state index contributed by atoms with van der Waals surface area (Å²) >= 11 is 1.48. The predicted octanol–water partition coefficient (Wildman–Crippen LogP) is 0.989. The molecular formula is C13H20N6OS. The van der Waals surface area contributed by atoms with Crippen molar-refractivity contribution >= 4 is 11.8 Å². The molecule has 0 aliphatic heterocycles. The van der Waals surface area contributed by atoms with Crippen LogP contribution in [0.4, 0.5) is 0 Å². The van der Waals surface area contributed by atoms with Gasteiger partial charge in [-0.3, -0.25) is 9.25 Å². The van der Waals surface area contributed by atoms with E-state index in [4.69, 9.17) is 5.73 Å². The number of hydrogen-bond donors (Lipinski definition) is 2. The number of nitrogens with one attached hydrogen (secondary N) is 1. The van der Waals surface area contributed by atoms with Crippen LogP contribution in [0.15, 0.2) is 15.0 Å². The molecule has 8 heteroatoms. The summed E-state index contributed by atoms with van der Waals surface area (Å²) in [6.45, 7) is 3.97. The lowest BCUT2D eigenvalue weighted by atomic mass is 10.1. The Morgan fingerprint density at radius 1 is 1.52 bits per heavy atom. The molecule has 2 aromatic heterocycles.